The molecule has 0 heterocycles. The zero-order valence-corrected chi connectivity index (χ0v) is 12.3. The predicted molar refractivity (Wildman–Crippen MR) is 75.2 cm³/mol. The normalized spacial score (nSPS) is 11.3. The number of carboxylic acids is 1. The van der Waals surface area contributed by atoms with Gasteiger partial charge in [0.05, 0.1) is 17.9 Å². The van der Waals surface area contributed by atoms with Crippen molar-refractivity contribution in [2.24, 2.45) is 0 Å². The van der Waals surface area contributed by atoms with Gasteiger partial charge in [-0.3, -0.25) is 9.10 Å². The molecule has 1 aromatic carbocycles. The van der Waals surface area contributed by atoms with Gasteiger partial charge in [-0.05, 0) is 31.5 Å². The van der Waals surface area contributed by atoms with Crippen LogP contribution in [0.4, 0.5) is 5.69 Å². The molecular formula is C12H16ClNO4S. The quantitative estimate of drug-likeness (QED) is 0.875. The van der Waals surface area contributed by atoms with E-state index in [2.05, 4.69) is 0 Å². The molecule has 0 fully saturated rings. The average Bonchev–Trinajstić information content (AvgIpc) is 2.34. The van der Waals surface area contributed by atoms with Gasteiger partial charge in [0.1, 0.15) is 0 Å². The van der Waals surface area contributed by atoms with Gasteiger partial charge in [0.2, 0.25) is 10.0 Å². The Kier molecular flexibility index (Phi) is 5.20. The molecule has 0 aliphatic rings. The Bertz CT molecular complexity index is 571. The molecule has 19 heavy (non-hydrogen) atoms. The first kappa shape index (κ1) is 15.8. The summed E-state index contributed by atoms with van der Waals surface area (Å²) in [5.74, 6) is -1.14. The number of carbonyl (C=O) groups is 1. The minimum Gasteiger partial charge on any atom is -0.481 e. The van der Waals surface area contributed by atoms with E-state index in [0.717, 1.165) is 4.31 Å². The van der Waals surface area contributed by atoms with Gasteiger partial charge in [-0.15, -0.1) is 0 Å². The summed E-state index contributed by atoms with van der Waals surface area (Å²) in [7, 11) is -3.54. The SMILES string of the molecule is CCS(=O)(=O)N(CCC(=O)O)c1cccc(Cl)c1C. The molecule has 0 aliphatic heterocycles. The number of hydrogen-bond acceptors (Lipinski definition) is 3. The third kappa shape index (κ3) is 3.84. The predicted octanol–water partition coefficient (Wildman–Crippen LogP) is 2.28. The number of halogens is 1. The van der Waals surface area contributed by atoms with Crippen LogP contribution in [-0.2, 0) is 14.8 Å². The van der Waals surface area contributed by atoms with Gasteiger partial charge in [0.15, 0.2) is 0 Å². The molecule has 0 bridgehead atoms. The lowest BCUT2D eigenvalue weighted by atomic mass is 10.2. The second kappa shape index (κ2) is 6.25. The lowest BCUT2D eigenvalue weighted by Crippen LogP contribution is -2.34. The van der Waals surface area contributed by atoms with Gasteiger partial charge in [-0.1, -0.05) is 17.7 Å². The summed E-state index contributed by atoms with van der Waals surface area (Å²) in [6.45, 7) is 3.12. The van der Waals surface area contributed by atoms with Crippen LogP contribution in [0.25, 0.3) is 0 Å². The molecule has 0 radical (unpaired) electrons. The van der Waals surface area contributed by atoms with Gasteiger partial charge in [-0.2, -0.15) is 0 Å². The van der Waals surface area contributed by atoms with Crippen LogP contribution >= 0.6 is 11.6 Å². The van der Waals surface area contributed by atoms with Gasteiger partial charge >= 0.3 is 5.97 Å². The maximum atomic E-state index is 12.1. The van der Waals surface area contributed by atoms with E-state index in [4.69, 9.17) is 16.7 Å². The Morgan fingerprint density at radius 3 is 2.58 bits per heavy atom. The lowest BCUT2D eigenvalue weighted by molar-refractivity contribution is -0.136. The van der Waals surface area contributed by atoms with E-state index in [9.17, 15) is 13.2 Å². The Morgan fingerprint density at radius 2 is 2.05 bits per heavy atom. The molecule has 5 nitrogen and oxygen atoms in total. The highest BCUT2D eigenvalue weighted by Gasteiger charge is 2.23. The van der Waals surface area contributed by atoms with Crippen LogP contribution in [0.1, 0.15) is 18.9 Å². The van der Waals surface area contributed by atoms with Crippen LogP contribution in [0, 0.1) is 6.92 Å². The van der Waals surface area contributed by atoms with E-state index in [1.165, 1.54) is 6.92 Å². The van der Waals surface area contributed by atoms with Gasteiger partial charge < -0.3 is 5.11 Å². The second-order valence-corrected chi connectivity index (χ2v) is 6.59. The van der Waals surface area contributed by atoms with E-state index >= 15 is 0 Å². The molecule has 1 aromatic rings. The zero-order chi connectivity index (χ0) is 14.6. The highest BCUT2D eigenvalue weighted by molar-refractivity contribution is 7.92. The molecule has 0 saturated heterocycles. The number of rotatable bonds is 6. The van der Waals surface area contributed by atoms with Crippen molar-refractivity contribution >= 4 is 33.3 Å². The topological polar surface area (TPSA) is 74.7 Å². The van der Waals surface area contributed by atoms with E-state index in [0.29, 0.717) is 16.3 Å². The maximum Gasteiger partial charge on any atom is 0.305 e. The fourth-order valence-electron chi connectivity index (χ4n) is 1.63. The van der Waals surface area contributed by atoms with E-state index in [1.807, 2.05) is 0 Å². The first-order chi connectivity index (χ1) is 8.79. The van der Waals surface area contributed by atoms with Crippen LogP contribution in [-0.4, -0.2) is 31.8 Å². The molecular weight excluding hydrogens is 290 g/mol. The zero-order valence-electron chi connectivity index (χ0n) is 10.8. The van der Waals surface area contributed by atoms with Crippen molar-refractivity contribution in [2.75, 3.05) is 16.6 Å². The second-order valence-electron chi connectivity index (χ2n) is 4.00. The first-order valence-electron chi connectivity index (χ1n) is 5.77. The van der Waals surface area contributed by atoms with Crippen LogP contribution < -0.4 is 4.31 Å². The standard InChI is InChI=1S/C12H16ClNO4S/c1-3-19(17,18)14(8-7-12(15)16)11-6-4-5-10(13)9(11)2/h4-6H,3,7-8H2,1-2H3,(H,15,16). The number of hydrogen-bond donors (Lipinski definition) is 1. The first-order valence-corrected chi connectivity index (χ1v) is 7.75. The Hall–Kier alpha value is -1.27. The Labute approximate surface area is 117 Å². The molecule has 0 saturated carbocycles. The average molecular weight is 306 g/mol. The van der Waals surface area contributed by atoms with Crippen molar-refractivity contribution in [1.82, 2.24) is 0 Å². The van der Waals surface area contributed by atoms with Gasteiger partial charge in [-0.25, -0.2) is 8.42 Å². The number of carboxylic acid groups (broad SMARTS) is 1. The summed E-state index contributed by atoms with van der Waals surface area (Å²) < 4.78 is 25.2. The highest BCUT2D eigenvalue weighted by Crippen LogP contribution is 2.28. The van der Waals surface area contributed by atoms with Crippen molar-refractivity contribution in [3.05, 3.63) is 28.8 Å². The number of sulfonamides is 1. The third-order valence-electron chi connectivity index (χ3n) is 2.74. The van der Waals surface area contributed by atoms with E-state index in [1.54, 1.807) is 25.1 Å². The Morgan fingerprint density at radius 1 is 1.42 bits per heavy atom. The maximum absolute atomic E-state index is 12.1. The van der Waals surface area contributed by atoms with Crippen LogP contribution in [0.5, 0.6) is 0 Å². The fourth-order valence-corrected chi connectivity index (χ4v) is 2.98. The van der Waals surface area contributed by atoms with Crippen LogP contribution in [0.2, 0.25) is 5.02 Å². The van der Waals surface area contributed by atoms with Crippen LogP contribution in [0.3, 0.4) is 0 Å². The monoisotopic (exact) mass is 305 g/mol. The third-order valence-corrected chi connectivity index (χ3v) is 4.93. The smallest absolute Gasteiger partial charge is 0.305 e. The summed E-state index contributed by atoms with van der Waals surface area (Å²) in [6.07, 6.45) is -0.259. The highest BCUT2D eigenvalue weighted by atomic mass is 35.5. The largest absolute Gasteiger partial charge is 0.481 e. The molecule has 0 spiro atoms. The van der Waals surface area contributed by atoms with Crippen LogP contribution in [0.15, 0.2) is 18.2 Å². The number of benzene rings is 1. The van der Waals surface area contributed by atoms with Crippen molar-refractivity contribution in [1.29, 1.82) is 0 Å². The summed E-state index contributed by atoms with van der Waals surface area (Å²) in [4.78, 5) is 10.7. The molecule has 0 aromatic heterocycles. The summed E-state index contributed by atoms with van der Waals surface area (Å²) in [6, 6.07) is 4.92. The van der Waals surface area contributed by atoms with E-state index < -0.39 is 16.0 Å². The summed E-state index contributed by atoms with van der Waals surface area (Å²) in [5.41, 5.74) is 1.04. The molecule has 0 unspecified atom stereocenters. The molecule has 0 atom stereocenters. The van der Waals surface area contributed by atoms with Crippen molar-refractivity contribution in [3.8, 4) is 0 Å². The van der Waals surface area contributed by atoms with Crippen molar-refractivity contribution in [3.63, 3.8) is 0 Å². The molecule has 1 rings (SSSR count). The minimum atomic E-state index is -3.54. The molecule has 0 amide bonds. The minimum absolute atomic E-state index is 0.0986. The number of aliphatic carboxylic acids is 1. The number of nitrogens with zero attached hydrogens (tertiary/aromatic N) is 1. The van der Waals surface area contributed by atoms with Crippen molar-refractivity contribution < 1.29 is 18.3 Å². The molecule has 1 N–H and O–H groups in total. The summed E-state index contributed by atoms with van der Waals surface area (Å²) in [5, 5.41) is 9.17. The molecule has 106 valence electrons. The lowest BCUT2D eigenvalue weighted by Gasteiger charge is -2.25. The number of anilines is 1. The summed E-state index contributed by atoms with van der Waals surface area (Å²) >= 11 is 5.98. The van der Waals surface area contributed by atoms with E-state index in [-0.39, 0.29) is 18.7 Å². The van der Waals surface area contributed by atoms with Gasteiger partial charge in [0, 0.05) is 11.6 Å². The molecule has 0 aliphatic carbocycles. The van der Waals surface area contributed by atoms with Gasteiger partial charge in [0.25, 0.3) is 0 Å². The molecule has 7 heteroatoms. The Balaban J connectivity index is 3.23. The fraction of sp³-hybridized carbons (Fsp3) is 0.417. The van der Waals surface area contributed by atoms with Crippen molar-refractivity contribution in [2.45, 2.75) is 20.3 Å².